The zero-order valence-electron chi connectivity index (χ0n) is 24.6. The lowest BCUT2D eigenvalue weighted by Gasteiger charge is -2.35. The summed E-state index contributed by atoms with van der Waals surface area (Å²) in [4.78, 5) is 53.2. The third-order valence-corrected chi connectivity index (χ3v) is 8.29. The Morgan fingerprint density at radius 2 is 1.93 bits per heavy atom. The number of amides is 2. The van der Waals surface area contributed by atoms with E-state index in [0.717, 1.165) is 12.8 Å². The minimum atomic E-state index is -2.85. The number of aliphatic carboxylic acids is 2. The maximum Gasteiger partial charge on any atom is 0.348 e. The van der Waals surface area contributed by atoms with Gasteiger partial charge in [0, 0.05) is 31.7 Å². The summed E-state index contributed by atoms with van der Waals surface area (Å²) in [7, 11) is 0. The molecule has 46 heavy (non-hydrogen) atoms. The lowest BCUT2D eigenvalue weighted by molar-refractivity contribution is -0.191. The number of terminal acetylenes is 1. The van der Waals surface area contributed by atoms with E-state index in [2.05, 4.69) is 20.9 Å². The molecule has 4 atom stereocenters. The number of hydrogen-bond donors (Lipinski definition) is 5. The number of carbonyl (C=O) groups is 3. The highest BCUT2D eigenvalue weighted by Gasteiger charge is 2.58. The first-order chi connectivity index (χ1) is 21.9. The number of ether oxygens (including phenoxy) is 2. The number of carbonyl (C=O) groups excluding carboxylic acids is 1. The lowest BCUT2D eigenvalue weighted by Crippen LogP contribution is -2.55. The summed E-state index contributed by atoms with van der Waals surface area (Å²) in [6.45, 7) is 2.91. The highest BCUT2D eigenvalue weighted by Crippen LogP contribution is 2.39. The second-order valence-corrected chi connectivity index (χ2v) is 11.3. The van der Waals surface area contributed by atoms with Gasteiger partial charge in [0.15, 0.2) is 23.3 Å². The topological polar surface area (TPSA) is 227 Å². The van der Waals surface area contributed by atoms with E-state index in [4.69, 9.17) is 33.2 Å². The molecule has 2 aliphatic heterocycles. The second kappa shape index (κ2) is 12.7. The number of imidazole rings is 1. The molecule has 4 heterocycles. The molecule has 0 unspecified atom stereocenters. The van der Waals surface area contributed by atoms with Gasteiger partial charge in [0.25, 0.3) is 5.60 Å². The number of nitrogens with zero attached hydrogens (tertiary/aromatic N) is 6. The Kier molecular flexibility index (Phi) is 9.07. The van der Waals surface area contributed by atoms with Crippen LogP contribution in [0.4, 0.5) is 16.3 Å². The summed E-state index contributed by atoms with van der Waals surface area (Å²) >= 11 is 5.93. The molecule has 2 saturated heterocycles. The fraction of sp³-hybridized carbons (Fsp3) is 0.448. The number of carboxylic acids is 2. The van der Waals surface area contributed by atoms with E-state index in [0.29, 0.717) is 25.3 Å². The summed E-state index contributed by atoms with van der Waals surface area (Å²) < 4.78 is 12.5. The normalized spacial score (nSPS) is 23.5. The van der Waals surface area contributed by atoms with Crippen molar-refractivity contribution < 1.29 is 44.3 Å². The van der Waals surface area contributed by atoms with Crippen LogP contribution in [0.3, 0.4) is 0 Å². The van der Waals surface area contributed by atoms with Gasteiger partial charge in [0.05, 0.1) is 12.9 Å². The number of urea groups is 1. The standard InChI is InChI=1S/C29H32ClN7O9/c1-3-10-35-11-5-12-36(27(35)43)17-8-6-16(7-9-17)13-29(24(39)40,25(41)42)45-14-18-28(44,4-2)20(38)23(46-18)37-15-32-19-21(31)33-26(30)34-22(19)37/h2,6-9,15,18,20,23,38,44H,3,5,10-14H2,1H3,(H,39,40)(H,41,42)(H2,31,33,34)/t18-,20+,23-,28-/m1/s1. The van der Waals surface area contributed by atoms with Gasteiger partial charge in [-0.2, -0.15) is 9.97 Å². The number of aliphatic hydroxyl groups is 2. The molecule has 0 aliphatic carbocycles. The average molecular weight is 658 g/mol. The van der Waals surface area contributed by atoms with Crippen molar-refractivity contribution in [2.75, 3.05) is 36.9 Å². The number of anilines is 2. The molecule has 5 rings (SSSR count). The van der Waals surface area contributed by atoms with Crippen LogP contribution in [0.5, 0.6) is 0 Å². The molecular formula is C29H32ClN7O9. The van der Waals surface area contributed by atoms with Gasteiger partial charge in [-0.05, 0) is 42.1 Å². The first kappa shape index (κ1) is 32.9. The molecule has 6 N–H and O–H groups in total. The van der Waals surface area contributed by atoms with Gasteiger partial charge in [-0.15, -0.1) is 6.42 Å². The van der Waals surface area contributed by atoms with E-state index in [1.807, 2.05) is 6.92 Å². The Bertz CT molecular complexity index is 1680. The van der Waals surface area contributed by atoms with Crippen molar-refractivity contribution >= 4 is 52.2 Å². The van der Waals surface area contributed by atoms with Crippen LogP contribution in [0.25, 0.3) is 11.2 Å². The van der Waals surface area contributed by atoms with E-state index in [1.165, 1.54) is 23.0 Å². The summed E-state index contributed by atoms with van der Waals surface area (Å²) in [6, 6.07) is 6.09. The van der Waals surface area contributed by atoms with E-state index in [1.54, 1.807) is 21.9 Å². The van der Waals surface area contributed by atoms with E-state index >= 15 is 0 Å². The maximum absolute atomic E-state index is 12.9. The Morgan fingerprint density at radius 1 is 1.24 bits per heavy atom. The first-order valence-corrected chi connectivity index (χ1v) is 14.7. The van der Waals surface area contributed by atoms with Crippen molar-refractivity contribution in [1.29, 1.82) is 0 Å². The molecule has 17 heteroatoms. The molecule has 2 amide bonds. The van der Waals surface area contributed by atoms with Crippen molar-refractivity contribution in [2.24, 2.45) is 0 Å². The van der Waals surface area contributed by atoms with E-state index in [9.17, 15) is 34.8 Å². The van der Waals surface area contributed by atoms with Gasteiger partial charge in [-0.3, -0.25) is 9.47 Å². The van der Waals surface area contributed by atoms with Crippen molar-refractivity contribution in [1.82, 2.24) is 24.4 Å². The molecule has 0 saturated carbocycles. The molecule has 0 spiro atoms. The monoisotopic (exact) mass is 657 g/mol. The fourth-order valence-electron chi connectivity index (χ4n) is 5.63. The highest BCUT2D eigenvalue weighted by atomic mass is 35.5. The van der Waals surface area contributed by atoms with Crippen LogP contribution >= 0.6 is 11.6 Å². The minimum absolute atomic E-state index is 0.0423. The quantitative estimate of drug-likeness (QED) is 0.110. The summed E-state index contributed by atoms with van der Waals surface area (Å²) in [5.74, 6) is -1.66. The van der Waals surface area contributed by atoms with Crippen LogP contribution < -0.4 is 10.6 Å². The number of benzene rings is 1. The molecular weight excluding hydrogens is 626 g/mol. The Labute approximate surface area is 267 Å². The summed E-state index contributed by atoms with van der Waals surface area (Å²) in [6.07, 6.45) is 2.84. The molecule has 0 radical (unpaired) electrons. The number of aromatic nitrogens is 4. The first-order valence-electron chi connectivity index (χ1n) is 14.3. The summed E-state index contributed by atoms with van der Waals surface area (Å²) in [5.41, 5.74) is 1.56. The number of hydrogen-bond acceptors (Lipinski definition) is 11. The predicted octanol–water partition coefficient (Wildman–Crippen LogP) is 0.894. The molecule has 244 valence electrons. The SMILES string of the molecule is C#C[C@@]1(O)[C@@H](COC(Cc2ccc(N3CCCN(CCC)C3=O)cc2)(C(=O)O)C(=O)O)O[C@@H](n2cnc3c(N)nc(Cl)nc32)[C@@H]1O. The van der Waals surface area contributed by atoms with Crippen LogP contribution in [0.2, 0.25) is 5.28 Å². The van der Waals surface area contributed by atoms with Gasteiger partial charge in [0.2, 0.25) is 5.28 Å². The number of aliphatic hydroxyl groups excluding tert-OH is 1. The molecule has 0 bridgehead atoms. The number of nitrogens with two attached hydrogens (primary N) is 1. The van der Waals surface area contributed by atoms with Crippen LogP contribution in [-0.2, 0) is 25.5 Å². The van der Waals surface area contributed by atoms with Gasteiger partial charge >= 0.3 is 18.0 Å². The van der Waals surface area contributed by atoms with E-state index in [-0.39, 0.29) is 33.9 Å². The fourth-order valence-corrected chi connectivity index (χ4v) is 5.80. The van der Waals surface area contributed by atoms with Crippen LogP contribution in [0.15, 0.2) is 30.6 Å². The van der Waals surface area contributed by atoms with Crippen molar-refractivity contribution in [3.8, 4) is 12.3 Å². The summed E-state index contributed by atoms with van der Waals surface area (Å²) in [5, 5.41) is 42.3. The van der Waals surface area contributed by atoms with Crippen LogP contribution in [-0.4, -0.2) is 112 Å². The molecule has 2 aromatic heterocycles. The van der Waals surface area contributed by atoms with Crippen molar-refractivity contribution in [2.45, 2.75) is 55.8 Å². The Balaban J connectivity index is 1.37. The van der Waals surface area contributed by atoms with Gasteiger partial charge < -0.3 is 40.5 Å². The van der Waals surface area contributed by atoms with Crippen molar-refractivity contribution in [3.05, 3.63) is 41.4 Å². The number of carboxylic acid groups (broad SMARTS) is 2. The molecule has 3 aromatic rings. The number of halogens is 1. The zero-order valence-corrected chi connectivity index (χ0v) is 25.4. The largest absolute Gasteiger partial charge is 0.479 e. The lowest BCUT2D eigenvalue weighted by atomic mass is 9.91. The molecule has 16 nitrogen and oxygen atoms in total. The predicted molar refractivity (Wildman–Crippen MR) is 162 cm³/mol. The smallest absolute Gasteiger partial charge is 0.348 e. The third-order valence-electron chi connectivity index (χ3n) is 8.12. The average Bonchev–Trinajstić information content (AvgIpc) is 3.55. The van der Waals surface area contributed by atoms with Crippen LogP contribution in [0.1, 0.15) is 31.6 Å². The number of rotatable bonds is 11. The second-order valence-electron chi connectivity index (χ2n) is 11.0. The Morgan fingerprint density at radius 3 is 2.57 bits per heavy atom. The van der Waals surface area contributed by atoms with Gasteiger partial charge in [0.1, 0.15) is 17.7 Å². The molecule has 2 aliphatic rings. The zero-order chi connectivity index (χ0) is 33.4. The number of nitrogen functional groups attached to an aromatic ring is 1. The van der Waals surface area contributed by atoms with Crippen molar-refractivity contribution in [3.63, 3.8) is 0 Å². The Hall–Kier alpha value is -4.53. The minimum Gasteiger partial charge on any atom is -0.479 e. The maximum atomic E-state index is 12.9. The van der Waals surface area contributed by atoms with Crippen LogP contribution in [0, 0.1) is 12.3 Å². The molecule has 2 fully saturated rings. The van der Waals surface area contributed by atoms with Gasteiger partial charge in [-0.25, -0.2) is 19.4 Å². The number of fused-ring (bicyclic) bond motifs is 1. The van der Waals surface area contributed by atoms with Gasteiger partial charge in [-0.1, -0.05) is 25.0 Å². The molecule has 1 aromatic carbocycles. The van der Waals surface area contributed by atoms with E-state index < -0.39 is 54.6 Å². The highest BCUT2D eigenvalue weighted by molar-refractivity contribution is 6.28. The third kappa shape index (κ3) is 5.67.